The first-order chi connectivity index (χ1) is 28.7. The molecule has 3 saturated heterocycles. The summed E-state index contributed by atoms with van der Waals surface area (Å²) in [6, 6.07) is 29.4. The Balaban J connectivity index is 0.901. The number of aromatic carboxylic acids is 1. The Hall–Kier alpha value is -6.48. The van der Waals surface area contributed by atoms with Gasteiger partial charge in [-0.25, -0.2) is 9.59 Å². The van der Waals surface area contributed by atoms with Crippen LogP contribution in [-0.2, 0) is 24.3 Å². The molecule has 304 valence electrons. The van der Waals surface area contributed by atoms with Crippen LogP contribution < -0.4 is 20.9 Å². The lowest BCUT2D eigenvalue weighted by atomic mass is 9.86. The number of carbonyl (C=O) groups excluding carboxylic acids is 1. The van der Waals surface area contributed by atoms with Crippen molar-refractivity contribution in [1.29, 1.82) is 0 Å². The fraction of sp³-hybridized carbons (Fsp3) is 0.289. The first-order valence-electron chi connectivity index (χ1n) is 19.7. The maximum Gasteiger partial charge on any atom is 0.408 e. The third-order valence-electron chi connectivity index (χ3n) is 11.1. The number of phenols is 1. The average Bonchev–Trinajstić information content (AvgIpc) is 3.69. The molecular weight excluding hydrogens is 755 g/mol. The lowest BCUT2D eigenvalue weighted by Gasteiger charge is -2.43. The zero-order valence-corrected chi connectivity index (χ0v) is 32.2. The van der Waals surface area contributed by atoms with Gasteiger partial charge < -0.3 is 44.9 Å². The van der Waals surface area contributed by atoms with Crippen molar-refractivity contribution < 1.29 is 38.9 Å². The number of rotatable bonds is 15. The van der Waals surface area contributed by atoms with E-state index in [1.807, 2.05) is 54.6 Å². The van der Waals surface area contributed by atoms with Crippen LogP contribution in [0, 0.1) is 5.92 Å². The van der Waals surface area contributed by atoms with E-state index >= 15 is 0 Å². The number of aromatic nitrogens is 2. The van der Waals surface area contributed by atoms with E-state index in [9.17, 15) is 29.7 Å². The van der Waals surface area contributed by atoms with Crippen LogP contribution in [0.5, 0.6) is 11.5 Å². The number of aromatic amines is 1. The zero-order chi connectivity index (χ0) is 40.9. The molecule has 2 aromatic heterocycles. The van der Waals surface area contributed by atoms with Crippen molar-refractivity contribution in [1.82, 2.24) is 25.7 Å². The summed E-state index contributed by atoms with van der Waals surface area (Å²) < 4.78 is 17.7. The SMILES string of the molecule is O=C(N[C@@H](c1ccccc1)c1cccc(OCc2ccc(C(=O)O)c(Cc3cc(CNC[C@H](O)c4ccc(O)c5[nH]c(=O)ccc45)on3)c2)c1)O[C@H]1CN2CCC1CC2. The van der Waals surface area contributed by atoms with Crippen molar-refractivity contribution in [2.45, 2.75) is 50.7 Å². The molecular formula is C45H45N5O9. The molecule has 9 rings (SSSR count). The Bertz CT molecular complexity index is 2500. The van der Waals surface area contributed by atoms with Gasteiger partial charge in [-0.3, -0.25) is 9.69 Å². The van der Waals surface area contributed by atoms with E-state index in [1.165, 1.54) is 12.1 Å². The Morgan fingerprint density at radius 1 is 0.949 bits per heavy atom. The number of hydrogen-bond donors (Lipinski definition) is 6. The molecule has 4 aromatic carbocycles. The molecule has 0 saturated carbocycles. The third-order valence-corrected chi connectivity index (χ3v) is 11.1. The number of carbonyl (C=O) groups is 2. The largest absolute Gasteiger partial charge is 0.506 e. The zero-order valence-electron chi connectivity index (χ0n) is 32.2. The number of aromatic hydroxyl groups is 1. The summed E-state index contributed by atoms with van der Waals surface area (Å²) in [6.45, 7) is 3.41. The number of nitrogens with one attached hydrogen (secondary N) is 3. The number of pyridine rings is 1. The van der Waals surface area contributed by atoms with Gasteiger partial charge in [-0.2, -0.15) is 0 Å². The topological polar surface area (TPSA) is 199 Å². The number of nitrogens with zero attached hydrogens (tertiary/aromatic N) is 2. The lowest BCUT2D eigenvalue weighted by Crippen LogP contribution is -2.52. The molecule has 3 fully saturated rings. The number of carboxylic acid groups (broad SMARTS) is 1. The van der Waals surface area contributed by atoms with Crippen molar-refractivity contribution >= 4 is 23.0 Å². The molecule has 3 atom stereocenters. The molecule has 59 heavy (non-hydrogen) atoms. The van der Waals surface area contributed by atoms with Crippen LogP contribution in [0.1, 0.15) is 74.6 Å². The highest BCUT2D eigenvalue weighted by Crippen LogP contribution is 2.32. The Morgan fingerprint density at radius 2 is 1.76 bits per heavy atom. The highest BCUT2D eigenvalue weighted by atomic mass is 16.6. The number of H-pyrrole nitrogens is 1. The van der Waals surface area contributed by atoms with Gasteiger partial charge in [0.25, 0.3) is 0 Å². The van der Waals surface area contributed by atoms with Crippen molar-refractivity contribution in [3.8, 4) is 11.5 Å². The molecule has 5 heterocycles. The van der Waals surface area contributed by atoms with Crippen LogP contribution in [0.3, 0.4) is 0 Å². The van der Waals surface area contributed by atoms with E-state index in [1.54, 1.807) is 36.4 Å². The van der Waals surface area contributed by atoms with Crippen LogP contribution in [0.2, 0.25) is 0 Å². The fourth-order valence-electron chi connectivity index (χ4n) is 8.09. The van der Waals surface area contributed by atoms with Crippen LogP contribution in [0.4, 0.5) is 4.79 Å². The minimum absolute atomic E-state index is 0.0915. The number of aliphatic hydroxyl groups excluding tert-OH is 1. The number of hydrogen-bond acceptors (Lipinski definition) is 11. The highest BCUT2D eigenvalue weighted by molar-refractivity contribution is 5.89. The maximum atomic E-state index is 13.3. The predicted octanol–water partition coefficient (Wildman–Crippen LogP) is 5.82. The van der Waals surface area contributed by atoms with E-state index in [-0.39, 0.29) is 54.6 Å². The van der Waals surface area contributed by atoms with E-state index in [0.29, 0.717) is 39.6 Å². The van der Waals surface area contributed by atoms with E-state index in [4.69, 9.17) is 14.0 Å². The Labute approximate surface area is 339 Å². The second kappa shape index (κ2) is 17.6. The highest BCUT2D eigenvalue weighted by Gasteiger charge is 2.37. The maximum absolute atomic E-state index is 13.3. The lowest BCUT2D eigenvalue weighted by molar-refractivity contribution is -0.0336. The van der Waals surface area contributed by atoms with Crippen LogP contribution in [0.25, 0.3) is 10.9 Å². The van der Waals surface area contributed by atoms with Crippen molar-refractivity contribution in [3.63, 3.8) is 0 Å². The van der Waals surface area contributed by atoms with Crippen LogP contribution in [0.15, 0.2) is 112 Å². The van der Waals surface area contributed by atoms with E-state index < -0.39 is 24.2 Å². The number of fused-ring (bicyclic) bond motifs is 4. The quantitative estimate of drug-likeness (QED) is 0.0729. The molecule has 3 aliphatic rings. The van der Waals surface area contributed by atoms with Gasteiger partial charge in [0.2, 0.25) is 5.56 Å². The van der Waals surface area contributed by atoms with Crippen LogP contribution >= 0.6 is 0 Å². The number of ether oxygens (including phenoxy) is 2. The molecule has 0 aliphatic carbocycles. The summed E-state index contributed by atoms with van der Waals surface area (Å²) in [7, 11) is 0. The number of phenolic OH excluding ortho intramolecular Hbond substituents is 1. The smallest absolute Gasteiger partial charge is 0.408 e. The number of aliphatic hydroxyl groups is 1. The number of amides is 1. The minimum atomic E-state index is -1.07. The van der Waals surface area contributed by atoms with Crippen molar-refractivity contribution in [2.75, 3.05) is 26.2 Å². The molecule has 14 nitrogen and oxygen atoms in total. The average molecular weight is 800 g/mol. The second-order valence-corrected chi connectivity index (χ2v) is 15.1. The van der Waals surface area contributed by atoms with Gasteiger partial charge in [0.05, 0.1) is 35.5 Å². The number of benzene rings is 4. The molecule has 6 aromatic rings. The van der Waals surface area contributed by atoms with Gasteiger partial charge in [-0.15, -0.1) is 0 Å². The summed E-state index contributed by atoms with van der Waals surface area (Å²) in [5.74, 6) is 0.288. The fourth-order valence-corrected chi connectivity index (χ4v) is 8.09. The summed E-state index contributed by atoms with van der Waals surface area (Å²) in [6.07, 6.45) is 0.745. The second-order valence-electron chi connectivity index (χ2n) is 15.1. The summed E-state index contributed by atoms with van der Waals surface area (Å²) in [4.78, 5) is 42.2. The van der Waals surface area contributed by atoms with E-state index in [0.717, 1.165) is 49.2 Å². The molecule has 1 amide bonds. The van der Waals surface area contributed by atoms with Crippen molar-refractivity contribution in [3.05, 3.63) is 158 Å². The van der Waals surface area contributed by atoms with Gasteiger partial charge >= 0.3 is 12.1 Å². The summed E-state index contributed by atoms with van der Waals surface area (Å²) >= 11 is 0. The standard InChI is InChI=1S/C45H45N5O9/c51-38-13-11-36(37-12-14-41(53)47-43(37)38)39(52)24-46-23-34-22-32(49-59-34)20-31-19-27(9-10-35(31)44(54)55)26-57-33-8-4-7-30(21-33)42(29-5-2-1-3-6-29)48-45(56)58-40-25-50-17-15-28(40)16-18-50/h1-14,19,21-22,28,39-40,42,46,51-52H,15-18,20,23-26H2,(H,47,53)(H,48,56)(H,54,55)/t39-,40-,42-/m0/s1. The normalized spacial score (nSPS) is 18.3. The van der Waals surface area contributed by atoms with Gasteiger partial charge in [-0.05, 0) is 90.0 Å². The Morgan fingerprint density at radius 3 is 2.54 bits per heavy atom. The van der Waals surface area contributed by atoms with E-state index in [2.05, 4.69) is 25.7 Å². The summed E-state index contributed by atoms with van der Waals surface area (Å²) in [5, 5.41) is 42.0. The molecule has 0 spiro atoms. The molecule has 14 heteroatoms. The summed E-state index contributed by atoms with van der Waals surface area (Å²) in [5.41, 5.74) is 4.07. The first kappa shape index (κ1) is 39.4. The van der Waals surface area contributed by atoms with Gasteiger partial charge in [0.1, 0.15) is 24.2 Å². The molecule has 6 N–H and O–H groups in total. The molecule has 0 unspecified atom stereocenters. The predicted molar refractivity (Wildman–Crippen MR) is 217 cm³/mol. The number of alkyl carbamates (subject to hydrolysis) is 1. The molecule has 3 aliphatic heterocycles. The number of piperidine rings is 3. The minimum Gasteiger partial charge on any atom is -0.506 e. The molecule has 2 bridgehead atoms. The number of carboxylic acids is 1. The monoisotopic (exact) mass is 799 g/mol. The van der Waals surface area contributed by atoms with Gasteiger partial charge in [-0.1, -0.05) is 65.8 Å². The first-order valence-corrected chi connectivity index (χ1v) is 19.7. The van der Waals surface area contributed by atoms with Gasteiger partial charge in [0.15, 0.2) is 5.76 Å². The van der Waals surface area contributed by atoms with Gasteiger partial charge in [0, 0.05) is 37.0 Å². The van der Waals surface area contributed by atoms with Crippen LogP contribution in [-0.4, -0.2) is 74.7 Å². The van der Waals surface area contributed by atoms with Crippen molar-refractivity contribution in [2.24, 2.45) is 5.92 Å². The molecule has 0 radical (unpaired) electrons. The third kappa shape index (κ3) is 9.31. The Kier molecular flexibility index (Phi) is 11.7.